The van der Waals surface area contributed by atoms with Gasteiger partial charge in [-0.2, -0.15) is 0 Å². The van der Waals surface area contributed by atoms with E-state index in [9.17, 15) is 8.42 Å². The molecule has 1 aromatic rings. The highest BCUT2D eigenvalue weighted by Gasteiger charge is 2.43. The van der Waals surface area contributed by atoms with Crippen molar-refractivity contribution in [1.29, 1.82) is 0 Å². The van der Waals surface area contributed by atoms with Gasteiger partial charge >= 0.3 is 0 Å². The lowest BCUT2D eigenvalue weighted by atomic mass is 10.0. The van der Waals surface area contributed by atoms with Crippen LogP contribution in [0.25, 0.3) is 0 Å². The maximum absolute atomic E-state index is 12.4. The van der Waals surface area contributed by atoms with E-state index in [1.165, 1.54) is 12.1 Å². The Morgan fingerprint density at radius 2 is 1.90 bits per heavy atom. The summed E-state index contributed by atoms with van der Waals surface area (Å²) in [6.07, 6.45) is 2.84. The lowest BCUT2D eigenvalue weighted by molar-refractivity contribution is 0.173. The summed E-state index contributed by atoms with van der Waals surface area (Å²) in [5, 5.41) is 0.201. The van der Waals surface area contributed by atoms with E-state index in [4.69, 9.17) is 27.9 Å². The number of hydrogen-bond donors (Lipinski definition) is 1. The van der Waals surface area contributed by atoms with Crippen LogP contribution in [-0.2, 0) is 14.8 Å². The molecule has 1 aliphatic rings. The van der Waals surface area contributed by atoms with Crippen molar-refractivity contribution >= 4 is 49.2 Å². The molecule has 1 saturated carbocycles. The lowest BCUT2D eigenvalue weighted by Crippen LogP contribution is -2.31. The molecule has 0 spiro atoms. The summed E-state index contributed by atoms with van der Waals surface area (Å²) < 4.78 is 33.1. The molecule has 4 nitrogen and oxygen atoms in total. The van der Waals surface area contributed by atoms with Gasteiger partial charge in [-0.25, -0.2) is 13.1 Å². The monoisotopic (exact) mass is 415 g/mol. The Bertz CT molecular complexity index is 609. The molecule has 0 heterocycles. The highest BCUT2D eigenvalue weighted by atomic mass is 79.9. The predicted molar refractivity (Wildman–Crippen MR) is 87.5 cm³/mol. The van der Waals surface area contributed by atoms with E-state index >= 15 is 0 Å². The number of ether oxygens (including phenoxy) is 1. The molecular formula is C13H16BrCl2NO3S. The first kappa shape index (κ1) is 17.5. The van der Waals surface area contributed by atoms with Gasteiger partial charge in [0.05, 0.1) is 10.0 Å². The summed E-state index contributed by atoms with van der Waals surface area (Å²) in [5.74, 6) is 0. The molecule has 0 radical (unpaired) electrons. The van der Waals surface area contributed by atoms with Crippen LogP contribution in [0.15, 0.2) is 21.5 Å². The Labute approximate surface area is 143 Å². The summed E-state index contributed by atoms with van der Waals surface area (Å²) in [5.41, 5.74) is 0.0113. The molecule has 1 aromatic carbocycles. The zero-order chi connectivity index (χ0) is 15.7. The van der Waals surface area contributed by atoms with Crippen LogP contribution in [0.3, 0.4) is 0 Å². The largest absolute Gasteiger partial charge is 0.385 e. The number of sulfonamides is 1. The van der Waals surface area contributed by atoms with E-state index in [0.29, 0.717) is 17.6 Å². The van der Waals surface area contributed by atoms with Crippen molar-refractivity contribution in [2.45, 2.75) is 24.2 Å². The smallest absolute Gasteiger partial charge is 0.243 e. The van der Waals surface area contributed by atoms with E-state index in [1.807, 2.05) is 0 Å². The second-order valence-electron chi connectivity index (χ2n) is 5.27. The standard InChI is InChI=1S/C13H16BrCl2NO3S/c1-20-5-4-13(2-3-13)8-17-21(18,19)12-10(15)6-9(14)7-11(12)16/h6-7,17H,2-5,8H2,1H3. The van der Waals surface area contributed by atoms with E-state index < -0.39 is 10.0 Å². The number of nitrogens with one attached hydrogen (secondary N) is 1. The zero-order valence-corrected chi connectivity index (χ0v) is 15.4. The fourth-order valence-electron chi connectivity index (χ4n) is 2.12. The van der Waals surface area contributed by atoms with Gasteiger partial charge in [-0.05, 0) is 36.8 Å². The van der Waals surface area contributed by atoms with Crippen LogP contribution in [0.4, 0.5) is 0 Å². The molecule has 0 aromatic heterocycles. The quantitative estimate of drug-likeness (QED) is 0.734. The second-order valence-corrected chi connectivity index (χ2v) is 8.70. The molecular weight excluding hydrogens is 401 g/mol. The number of halogens is 3. The number of rotatable bonds is 7. The van der Waals surface area contributed by atoms with Crippen molar-refractivity contribution in [1.82, 2.24) is 4.72 Å². The minimum atomic E-state index is -3.73. The van der Waals surface area contributed by atoms with Crippen molar-refractivity contribution in [2.24, 2.45) is 5.41 Å². The van der Waals surface area contributed by atoms with Crippen LogP contribution in [0.5, 0.6) is 0 Å². The summed E-state index contributed by atoms with van der Waals surface area (Å²) in [6, 6.07) is 3.03. The van der Waals surface area contributed by atoms with E-state index in [1.54, 1.807) is 7.11 Å². The summed E-state index contributed by atoms with van der Waals surface area (Å²) >= 11 is 15.3. The van der Waals surface area contributed by atoms with Gasteiger partial charge in [0.15, 0.2) is 0 Å². The Kier molecular flexibility index (Phi) is 5.60. The van der Waals surface area contributed by atoms with Crippen LogP contribution in [0.1, 0.15) is 19.3 Å². The van der Waals surface area contributed by atoms with E-state index in [2.05, 4.69) is 20.7 Å². The highest BCUT2D eigenvalue weighted by molar-refractivity contribution is 9.10. The molecule has 1 N–H and O–H groups in total. The van der Waals surface area contributed by atoms with E-state index in [0.717, 1.165) is 19.3 Å². The molecule has 1 aliphatic carbocycles. The third kappa shape index (κ3) is 4.33. The topological polar surface area (TPSA) is 55.4 Å². The van der Waals surface area contributed by atoms with Gasteiger partial charge in [-0.1, -0.05) is 39.1 Å². The first-order chi connectivity index (χ1) is 9.80. The lowest BCUT2D eigenvalue weighted by Gasteiger charge is -2.16. The van der Waals surface area contributed by atoms with Gasteiger partial charge in [0.1, 0.15) is 4.90 Å². The Morgan fingerprint density at radius 1 is 1.33 bits per heavy atom. The number of methoxy groups -OCH3 is 1. The fourth-order valence-corrected chi connectivity index (χ4v) is 5.21. The third-order valence-corrected chi connectivity index (χ3v) is 6.44. The number of hydrogen-bond acceptors (Lipinski definition) is 3. The van der Waals surface area contributed by atoms with Crippen LogP contribution < -0.4 is 4.72 Å². The normalized spacial score (nSPS) is 17.0. The molecule has 0 atom stereocenters. The van der Waals surface area contributed by atoms with Gasteiger partial charge < -0.3 is 4.74 Å². The Hall–Kier alpha value is 0.150. The molecule has 118 valence electrons. The minimum absolute atomic E-state index is 0.0113. The third-order valence-electron chi connectivity index (χ3n) is 3.66. The van der Waals surface area contributed by atoms with E-state index in [-0.39, 0.29) is 20.4 Å². The van der Waals surface area contributed by atoms with Gasteiger partial charge in [0, 0.05) is 24.7 Å². The van der Waals surface area contributed by atoms with Gasteiger partial charge in [0.25, 0.3) is 0 Å². The first-order valence-corrected chi connectivity index (χ1v) is 9.46. The molecule has 0 bridgehead atoms. The molecule has 0 aliphatic heterocycles. The Balaban J connectivity index is 2.13. The first-order valence-electron chi connectivity index (χ1n) is 6.43. The summed E-state index contributed by atoms with van der Waals surface area (Å²) in [7, 11) is -2.09. The molecule has 8 heteroatoms. The summed E-state index contributed by atoms with van der Waals surface area (Å²) in [6.45, 7) is 1.00. The van der Waals surface area contributed by atoms with Gasteiger partial charge in [0.2, 0.25) is 10.0 Å². The molecule has 0 unspecified atom stereocenters. The average molecular weight is 417 g/mol. The van der Waals surface area contributed by atoms with Gasteiger partial charge in [-0.3, -0.25) is 0 Å². The fraction of sp³-hybridized carbons (Fsp3) is 0.538. The average Bonchev–Trinajstić information content (AvgIpc) is 3.13. The van der Waals surface area contributed by atoms with Crippen molar-refractivity contribution in [3.8, 4) is 0 Å². The summed E-state index contributed by atoms with van der Waals surface area (Å²) in [4.78, 5) is -0.0726. The minimum Gasteiger partial charge on any atom is -0.385 e. The molecule has 0 saturated heterocycles. The van der Waals surface area contributed by atoms with Crippen molar-refractivity contribution in [3.63, 3.8) is 0 Å². The SMILES string of the molecule is COCCC1(CNS(=O)(=O)c2c(Cl)cc(Br)cc2Cl)CC1. The van der Waals surface area contributed by atoms with Crippen LogP contribution in [0.2, 0.25) is 10.0 Å². The zero-order valence-electron chi connectivity index (χ0n) is 11.5. The number of benzene rings is 1. The highest BCUT2D eigenvalue weighted by Crippen LogP contribution is 2.48. The van der Waals surface area contributed by atoms with Crippen LogP contribution in [-0.4, -0.2) is 28.7 Å². The Morgan fingerprint density at radius 3 is 2.38 bits per heavy atom. The maximum Gasteiger partial charge on any atom is 0.243 e. The van der Waals surface area contributed by atoms with Crippen molar-refractivity contribution in [3.05, 3.63) is 26.7 Å². The van der Waals surface area contributed by atoms with Gasteiger partial charge in [-0.15, -0.1) is 0 Å². The predicted octanol–water partition coefficient (Wildman–Crippen LogP) is 3.85. The van der Waals surface area contributed by atoms with Crippen LogP contribution >= 0.6 is 39.1 Å². The molecule has 1 fully saturated rings. The maximum atomic E-state index is 12.4. The van der Waals surface area contributed by atoms with Crippen molar-refractivity contribution in [2.75, 3.05) is 20.3 Å². The molecule has 0 amide bonds. The second kappa shape index (κ2) is 6.72. The van der Waals surface area contributed by atoms with Crippen LogP contribution in [0, 0.1) is 5.41 Å². The molecule has 2 rings (SSSR count). The molecule has 21 heavy (non-hydrogen) atoms. The van der Waals surface area contributed by atoms with Crippen molar-refractivity contribution < 1.29 is 13.2 Å².